The third kappa shape index (κ3) is 4.70. The van der Waals surface area contributed by atoms with Gasteiger partial charge in [0.15, 0.2) is 0 Å². The standard InChI is InChI=1S/C25H29ClFNO2/c1-16-6-11-21-22(12-16)30-23(18-4-3-5-20(27)14-18)15-25(21,2)28-24(29)13-17-7-9-19(26)10-8-17/h3-5,7-10,14,16,21-23H,6,11-13,15H2,1-2H3,(H,28,29)/t16-,21-,22-,23-,25-/m0/s1. The Bertz CT molecular complexity index is 902. The Morgan fingerprint density at radius 1 is 1.23 bits per heavy atom. The van der Waals surface area contributed by atoms with E-state index in [1.165, 1.54) is 6.07 Å². The molecule has 0 bridgehead atoms. The summed E-state index contributed by atoms with van der Waals surface area (Å²) in [5, 5.41) is 4.00. The molecule has 5 atom stereocenters. The van der Waals surface area contributed by atoms with Gasteiger partial charge in [-0.15, -0.1) is 0 Å². The molecule has 2 aromatic rings. The Morgan fingerprint density at radius 2 is 2.00 bits per heavy atom. The van der Waals surface area contributed by atoms with Crippen LogP contribution in [-0.2, 0) is 16.0 Å². The van der Waals surface area contributed by atoms with E-state index in [2.05, 4.69) is 19.2 Å². The van der Waals surface area contributed by atoms with Crippen LogP contribution in [0, 0.1) is 17.7 Å². The first kappa shape index (κ1) is 21.3. The third-order valence-electron chi connectivity index (χ3n) is 6.74. The van der Waals surface area contributed by atoms with Gasteiger partial charge < -0.3 is 10.1 Å². The predicted molar refractivity (Wildman–Crippen MR) is 117 cm³/mol. The first-order valence-electron chi connectivity index (χ1n) is 10.8. The number of fused-ring (bicyclic) bond motifs is 1. The van der Waals surface area contributed by atoms with Crippen molar-refractivity contribution in [2.45, 2.75) is 63.7 Å². The summed E-state index contributed by atoms with van der Waals surface area (Å²) in [6.45, 7) is 4.39. The van der Waals surface area contributed by atoms with Gasteiger partial charge in [-0.05, 0) is 61.1 Å². The molecule has 0 radical (unpaired) electrons. The fourth-order valence-corrected chi connectivity index (χ4v) is 5.33. The lowest BCUT2D eigenvalue weighted by molar-refractivity contribution is -0.153. The van der Waals surface area contributed by atoms with E-state index in [1.807, 2.05) is 18.2 Å². The zero-order valence-electron chi connectivity index (χ0n) is 17.5. The van der Waals surface area contributed by atoms with Gasteiger partial charge in [0.25, 0.3) is 0 Å². The summed E-state index contributed by atoms with van der Waals surface area (Å²) < 4.78 is 20.3. The summed E-state index contributed by atoms with van der Waals surface area (Å²) in [7, 11) is 0. The normalized spacial score (nSPS) is 31.1. The Morgan fingerprint density at radius 3 is 2.73 bits per heavy atom. The smallest absolute Gasteiger partial charge is 0.224 e. The summed E-state index contributed by atoms with van der Waals surface area (Å²) in [5.74, 6) is 0.583. The number of benzene rings is 2. The Kier molecular flexibility index (Phi) is 6.17. The van der Waals surface area contributed by atoms with Crippen LogP contribution in [0.2, 0.25) is 5.02 Å². The molecular weight excluding hydrogens is 401 g/mol. The topological polar surface area (TPSA) is 38.3 Å². The Labute approximate surface area is 183 Å². The zero-order chi connectivity index (χ0) is 21.3. The van der Waals surface area contributed by atoms with Gasteiger partial charge in [0.1, 0.15) is 5.82 Å². The second kappa shape index (κ2) is 8.68. The molecule has 2 aliphatic rings. The molecule has 2 fully saturated rings. The molecule has 3 nitrogen and oxygen atoms in total. The van der Waals surface area contributed by atoms with E-state index in [-0.39, 0.29) is 29.9 Å². The van der Waals surface area contributed by atoms with E-state index in [1.54, 1.807) is 24.3 Å². The number of hydrogen-bond donors (Lipinski definition) is 1. The monoisotopic (exact) mass is 429 g/mol. The summed E-state index contributed by atoms with van der Waals surface area (Å²) in [6.07, 6.45) is 3.92. The first-order chi connectivity index (χ1) is 14.3. The van der Waals surface area contributed by atoms with Gasteiger partial charge in [-0.25, -0.2) is 4.39 Å². The molecule has 1 aliphatic heterocycles. The van der Waals surface area contributed by atoms with Crippen molar-refractivity contribution in [3.63, 3.8) is 0 Å². The van der Waals surface area contributed by atoms with E-state index >= 15 is 0 Å². The molecule has 1 saturated carbocycles. The fraction of sp³-hybridized carbons (Fsp3) is 0.480. The molecular formula is C25H29ClFNO2. The van der Waals surface area contributed by atoms with Crippen LogP contribution in [0.15, 0.2) is 48.5 Å². The second-order valence-electron chi connectivity index (χ2n) is 9.22. The van der Waals surface area contributed by atoms with Crippen molar-refractivity contribution < 1.29 is 13.9 Å². The van der Waals surface area contributed by atoms with Gasteiger partial charge in [-0.3, -0.25) is 4.79 Å². The van der Waals surface area contributed by atoms with Crippen LogP contribution in [0.3, 0.4) is 0 Å². The molecule has 1 heterocycles. The highest BCUT2D eigenvalue weighted by Gasteiger charge is 2.49. The number of nitrogens with one attached hydrogen (secondary N) is 1. The SMILES string of the molecule is C[C@H]1CC[C@H]2[C@H](C1)O[C@H](c1cccc(F)c1)C[C@]2(C)NC(=O)Cc1ccc(Cl)cc1. The zero-order valence-corrected chi connectivity index (χ0v) is 18.3. The van der Waals surface area contributed by atoms with E-state index in [9.17, 15) is 9.18 Å². The van der Waals surface area contributed by atoms with Gasteiger partial charge in [0.05, 0.1) is 18.6 Å². The first-order valence-corrected chi connectivity index (χ1v) is 11.2. The molecule has 30 heavy (non-hydrogen) atoms. The maximum absolute atomic E-state index is 13.9. The molecule has 4 rings (SSSR count). The highest BCUT2D eigenvalue weighted by atomic mass is 35.5. The summed E-state index contributed by atoms with van der Waals surface area (Å²) >= 11 is 5.96. The van der Waals surface area contributed by atoms with Crippen molar-refractivity contribution in [2.24, 2.45) is 11.8 Å². The van der Waals surface area contributed by atoms with Crippen LogP contribution in [-0.4, -0.2) is 17.6 Å². The Balaban J connectivity index is 1.55. The van der Waals surface area contributed by atoms with Crippen LogP contribution in [0.25, 0.3) is 0 Å². The number of carbonyl (C=O) groups is 1. The highest BCUT2D eigenvalue weighted by molar-refractivity contribution is 6.30. The van der Waals surface area contributed by atoms with E-state index < -0.39 is 5.54 Å². The molecule has 0 spiro atoms. The largest absolute Gasteiger partial charge is 0.370 e. The van der Waals surface area contributed by atoms with Gasteiger partial charge in [0, 0.05) is 22.9 Å². The van der Waals surface area contributed by atoms with Crippen molar-refractivity contribution >= 4 is 17.5 Å². The average Bonchev–Trinajstić information content (AvgIpc) is 2.69. The van der Waals surface area contributed by atoms with E-state index in [0.29, 0.717) is 23.8 Å². The summed E-state index contributed by atoms with van der Waals surface area (Å²) in [4.78, 5) is 13.0. The minimum atomic E-state index is -0.399. The second-order valence-corrected chi connectivity index (χ2v) is 9.65. The number of hydrogen-bond acceptors (Lipinski definition) is 2. The minimum absolute atomic E-state index is 0.00270. The lowest BCUT2D eigenvalue weighted by atomic mass is 9.66. The van der Waals surface area contributed by atoms with Crippen LogP contribution in [0.5, 0.6) is 0 Å². The van der Waals surface area contributed by atoms with Gasteiger partial charge in [-0.2, -0.15) is 0 Å². The Hall–Kier alpha value is -1.91. The summed E-state index contributed by atoms with van der Waals surface area (Å²) in [6, 6.07) is 14.0. The fourth-order valence-electron chi connectivity index (χ4n) is 5.20. The van der Waals surface area contributed by atoms with Gasteiger partial charge in [-0.1, -0.05) is 49.2 Å². The lowest BCUT2D eigenvalue weighted by Crippen LogP contribution is -2.60. The van der Waals surface area contributed by atoms with Crippen LogP contribution in [0.4, 0.5) is 4.39 Å². The molecule has 0 unspecified atom stereocenters. The van der Waals surface area contributed by atoms with Crippen molar-refractivity contribution in [2.75, 3.05) is 0 Å². The van der Waals surface area contributed by atoms with Crippen molar-refractivity contribution in [3.8, 4) is 0 Å². The van der Waals surface area contributed by atoms with Crippen molar-refractivity contribution in [1.82, 2.24) is 5.32 Å². The number of halogens is 2. The number of amides is 1. The van der Waals surface area contributed by atoms with Crippen LogP contribution >= 0.6 is 11.6 Å². The summed E-state index contributed by atoms with van der Waals surface area (Å²) in [5.41, 5.74) is 1.37. The predicted octanol–water partition coefficient (Wildman–Crippen LogP) is 5.86. The van der Waals surface area contributed by atoms with Gasteiger partial charge in [0.2, 0.25) is 5.91 Å². The minimum Gasteiger partial charge on any atom is -0.370 e. The molecule has 1 aliphatic carbocycles. The van der Waals surface area contributed by atoms with Crippen molar-refractivity contribution in [3.05, 3.63) is 70.5 Å². The molecule has 0 aromatic heterocycles. The third-order valence-corrected chi connectivity index (χ3v) is 7.00. The molecule has 1 amide bonds. The quantitative estimate of drug-likeness (QED) is 0.660. The highest BCUT2D eigenvalue weighted by Crippen LogP contribution is 2.47. The molecule has 2 aromatic carbocycles. The van der Waals surface area contributed by atoms with Crippen molar-refractivity contribution in [1.29, 1.82) is 0 Å². The average molecular weight is 430 g/mol. The number of rotatable bonds is 4. The van der Waals surface area contributed by atoms with E-state index in [4.69, 9.17) is 16.3 Å². The molecule has 160 valence electrons. The maximum Gasteiger partial charge on any atom is 0.224 e. The number of ether oxygens (including phenoxy) is 1. The lowest BCUT2D eigenvalue weighted by Gasteiger charge is -2.52. The van der Waals surface area contributed by atoms with E-state index in [0.717, 1.165) is 30.4 Å². The van der Waals surface area contributed by atoms with Crippen LogP contribution < -0.4 is 5.32 Å². The number of carbonyl (C=O) groups excluding carboxylic acids is 1. The molecule has 1 saturated heterocycles. The molecule has 1 N–H and O–H groups in total. The van der Waals surface area contributed by atoms with Crippen LogP contribution in [0.1, 0.15) is 56.8 Å². The van der Waals surface area contributed by atoms with Gasteiger partial charge >= 0.3 is 0 Å². The molecule has 5 heteroatoms. The maximum atomic E-state index is 13.9.